The normalized spacial score (nSPS) is 15.4. The molecule has 0 amide bonds. The molecule has 0 aromatic heterocycles. The van der Waals surface area contributed by atoms with Crippen LogP contribution in [0.5, 0.6) is 0 Å². The molecule has 84 valence electrons. The Bertz CT molecular complexity index is 184. The number of hydrogen-bond donors (Lipinski definition) is 3. The van der Waals surface area contributed by atoms with Gasteiger partial charge in [-0.1, -0.05) is 13.3 Å². The van der Waals surface area contributed by atoms with Crippen LogP contribution in [0.4, 0.5) is 0 Å². The summed E-state index contributed by atoms with van der Waals surface area (Å²) in [5.41, 5.74) is 5.55. The van der Waals surface area contributed by atoms with E-state index >= 15 is 0 Å². The van der Waals surface area contributed by atoms with Crippen molar-refractivity contribution in [2.45, 2.75) is 52.2 Å². The molecule has 4 heteroatoms. The average molecular weight is 201 g/mol. The minimum atomic E-state index is -0.375. The van der Waals surface area contributed by atoms with E-state index in [-0.39, 0.29) is 11.6 Å². The van der Waals surface area contributed by atoms with Crippen molar-refractivity contribution in [2.75, 3.05) is 6.54 Å². The number of hydrogen-bond acceptors (Lipinski definition) is 2. The van der Waals surface area contributed by atoms with Gasteiger partial charge in [0.2, 0.25) is 0 Å². The molecule has 14 heavy (non-hydrogen) atoms. The number of nitrogens with two attached hydrogens (primary N) is 1. The Morgan fingerprint density at radius 2 is 2.07 bits per heavy atom. The largest absolute Gasteiger partial charge is 0.391 e. The Balaban J connectivity index is 3.88. The summed E-state index contributed by atoms with van der Waals surface area (Å²) in [4.78, 5) is 4.06. The maximum Gasteiger partial charge on any atom is 0.189 e. The van der Waals surface area contributed by atoms with E-state index in [0.29, 0.717) is 12.5 Å². The summed E-state index contributed by atoms with van der Waals surface area (Å²) in [5, 5.41) is 12.4. The summed E-state index contributed by atoms with van der Waals surface area (Å²) in [6, 6.07) is 0. The average Bonchev–Trinajstić information content (AvgIpc) is 1.98. The third-order valence-electron chi connectivity index (χ3n) is 1.60. The molecule has 1 atom stereocenters. The Hall–Kier alpha value is -0.770. The molecule has 0 heterocycles. The van der Waals surface area contributed by atoms with Crippen LogP contribution in [0.2, 0.25) is 0 Å². The molecule has 0 bridgehead atoms. The van der Waals surface area contributed by atoms with Gasteiger partial charge in [-0.15, -0.1) is 0 Å². The maximum atomic E-state index is 9.41. The van der Waals surface area contributed by atoms with E-state index in [9.17, 15) is 5.11 Å². The highest BCUT2D eigenvalue weighted by atomic mass is 16.3. The minimum Gasteiger partial charge on any atom is -0.391 e. The van der Waals surface area contributed by atoms with Crippen LogP contribution in [-0.4, -0.2) is 29.3 Å². The van der Waals surface area contributed by atoms with Gasteiger partial charge in [0, 0.05) is 5.54 Å². The second-order valence-electron chi connectivity index (χ2n) is 4.54. The van der Waals surface area contributed by atoms with Crippen LogP contribution in [0.25, 0.3) is 0 Å². The lowest BCUT2D eigenvalue weighted by Gasteiger charge is -2.21. The monoisotopic (exact) mass is 201 g/mol. The Morgan fingerprint density at radius 1 is 1.50 bits per heavy atom. The Morgan fingerprint density at radius 3 is 2.50 bits per heavy atom. The van der Waals surface area contributed by atoms with Crippen LogP contribution in [0.1, 0.15) is 40.5 Å². The van der Waals surface area contributed by atoms with Crippen molar-refractivity contribution in [3.8, 4) is 0 Å². The van der Waals surface area contributed by atoms with E-state index in [1.54, 1.807) is 0 Å². The van der Waals surface area contributed by atoms with E-state index in [1.807, 2.05) is 27.7 Å². The number of guanidine groups is 1. The highest BCUT2D eigenvalue weighted by Gasteiger charge is 2.10. The summed E-state index contributed by atoms with van der Waals surface area (Å²) < 4.78 is 0. The van der Waals surface area contributed by atoms with Gasteiger partial charge in [-0.05, 0) is 27.2 Å². The zero-order valence-electron chi connectivity index (χ0n) is 9.67. The number of nitrogens with zero attached hydrogens (tertiary/aromatic N) is 1. The number of nitrogens with one attached hydrogen (secondary N) is 1. The maximum absolute atomic E-state index is 9.41. The molecule has 0 spiro atoms. The smallest absolute Gasteiger partial charge is 0.189 e. The van der Waals surface area contributed by atoms with Gasteiger partial charge in [0.1, 0.15) is 0 Å². The van der Waals surface area contributed by atoms with Gasteiger partial charge in [-0.2, -0.15) is 0 Å². The summed E-state index contributed by atoms with van der Waals surface area (Å²) in [6.45, 7) is 8.44. The number of rotatable bonds is 4. The zero-order chi connectivity index (χ0) is 11.2. The fourth-order valence-electron chi connectivity index (χ4n) is 1.05. The highest BCUT2D eigenvalue weighted by Crippen LogP contribution is 1.98. The molecule has 1 unspecified atom stereocenters. The van der Waals surface area contributed by atoms with E-state index in [0.717, 1.165) is 12.8 Å². The quantitative estimate of drug-likeness (QED) is 0.466. The van der Waals surface area contributed by atoms with Gasteiger partial charge >= 0.3 is 0 Å². The van der Waals surface area contributed by atoms with E-state index in [1.165, 1.54) is 0 Å². The molecule has 0 aliphatic rings. The second-order valence-corrected chi connectivity index (χ2v) is 4.54. The standard InChI is InChI=1S/C10H23N3O/c1-5-6-8(14)7-12-9(11)13-10(2,3)4/h8,14H,5-7H2,1-4H3,(H3,11,12,13). The molecule has 0 saturated heterocycles. The zero-order valence-corrected chi connectivity index (χ0v) is 9.67. The van der Waals surface area contributed by atoms with Crippen molar-refractivity contribution >= 4 is 5.96 Å². The van der Waals surface area contributed by atoms with Crippen molar-refractivity contribution < 1.29 is 5.11 Å². The van der Waals surface area contributed by atoms with Crippen molar-refractivity contribution in [1.82, 2.24) is 5.32 Å². The lowest BCUT2D eigenvalue weighted by atomic mass is 10.1. The SMILES string of the molecule is CCCC(O)CN=C(N)NC(C)(C)C. The third-order valence-corrected chi connectivity index (χ3v) is 1.60. The molecule has 0 saturated carbocycles. The highest BCUT2D eigenvalue weighted by molar-refractivity contribution is 5.78. The molecule has 0 aromatic rings. The number of aliphatic imine (C=N–C) groups is 1. The molecule has 4 nitrogen and oxygen atoms in total. The first-order chi connectivity index (χ1) is 6.35. The summed E-state index contributed by atoms with van der Waals surface area (Å²) in [7, 11) is 0. The minimum absolute atomic E-state index is 0.0801. The molecule has 0 aliphatic carbocycles. The van der Waals surface area contributed by atoms with E-state index in [4.69, 9.17) is 5.73 Å². The Labute approximate surface area is 86.6 Å². The van der Waals surface area contributed by atoms with Crippen LogP contribution in [0.3, 0.4) is 0 Å². The summed E-state index contributed by atoms with van der Waals surface area (Å²) in [6.07, 6.45) is 1.36. The van der Waals surface area contributed by atoms with Gasteiger partial charge < -0.3 is 16.2 Å². The van der Waals surface area contributed by atoms with E-state index in [2.05, 4.69) is 10.3 Å². The fraction of sp³-hybridized carbons (Fsp3) is 0.900. The molecule has 0 fully saturated rings. The third kappa shape index (κ3) is 7.86. The molecule has 0 radical (unpaired) electrons. The first-order valence-corrected chi connectivity index (χ1v) is 5.11. The predicted molar refractivity (Wildman–Crippen MR) is 60.3 cm³/mol. The van der Waals surface area contributed by atoms with Crippen LogP contribution >= 0.6 is 0 Å². The van der Waals surface area contributed by atoms with Crippen LogP contribution in [0, 0.1) is 0 Å². The number of aliphatic hydroxyl groups excluding tert-OH is 1. The van der Waals surface area contributed by atoms with Gasteiger partial charge in [0.25, 0.3) is 0 Å². The lowest BCUT2D eigenvalue weighted by molar-refractivity contribution is 0.172. The Kier molecular flexibility index (Phi) is 5.53. The lowest BCUT2D eigenvalue weighted by Crippen LogP contribution is -2.45. The van der Waals surface area contributed by atoms with Gasteiger partial charge in [-0.25, -0.2) is 0 Å². The summed E-state index contributed by atoms with van der Waals surface area (Å²) in [5.74, 6) is 0.396. The van der Waals surface area contributed by atoms with Crippen molar-refractivity contribution in [3.63, 3.8) is 0 Å². The molecular formula is C10H23N3O. The van der Waals surface area contributed by atoms with Crippen LogP contribution < -0.4 is 11.1 Å². The van der Waals surface area contributed by atoms with Gasteiger partial charge in [0.15, 0.2) is 5.96 Å². The topological polar surface area (TPSA) is 70.6 Å². The molecule has 4 N–H and O–H groups in total. The predicted octanol–water partition coefficient (Wildman–Crippen LogP) is 0.850. The first kappa shape index (κ1) is 13.2. The van der Waals surface area contributed by atoms with Crippen molar-refractivity contribution in [2.24, 2.45) is 10.7 Å². The van der Waals surface area contributed by atoms with Crippen molar-refractivity contribution in [3.05, 3.63) is 0 Å². The fourth-order valence-corrected chi connectivity index (χ4v) is 1.05. The first-order valence-electron chi connectivity index (χ1n) is 5.11. The van der Waals surface area contributed by atoms with Crippen molar-refractivity contribution in [1.29, 1.82) is 0 Å². The molecule has 0 aliphatic heterocycles. The second kappa shape index (κ2) is 5.86. The van der Waals surface area contributed by atoms with Gasteiger partial charge in [-0.3, -0.25) is 4.99 Å². The summed E-state index contributed by atoms with van der Waals surface area (Å²) >= 11 is 0. The van der Waals surface area contributed by atoms with Crippen LogP contribution in [0.15, 0.2) is 4.99 Å². The molecular weight excluding hydrogens is 178 g/mol. The molecule has 0 aromatic carbocycles. The van der Waals surface area contributed by atoms with E-state index < -0.39 is 0 Å². The molecule has 0 rings (SSSR count). The number of aliphatic hydroxyl groups is 1. The van der Waals surface area contributed by atoms with Crippen LogP contribution in [-0.2, 0) is 0 Å². The van der Waals surface area contributed by atoms with Gasteiger partial charge in [0.05, 0.1) is 12.6 Å².